The second-order valence-electron chi connectivity index (χ2n) is 6.18. The van der Waals surface area contributed by atoms with Crippen molar-refractivity contribution in [1.29, 1.82) is 0 Å². The Labute approximate surface area is 148 Å². The number of nitrogens with zero attached hydrogens (tertiary/aromatic N) is 1. The monoisotopic (exact) mass is 380 g/mol. The summed E-state index contributed by atoms with van der Waals surface area (Å²) in [5.74, 6) is -0.422. The van der Waals surface area contributed by atoms with Crippen molar-refractivity contribution in [3.63, 3.8) is 0 Å². The van der Waals surface area contributed by atoms with Gasteiger partial charge in [0.25, 0.3) is 0 Å². The molecule has 3 rings (SSSR count). The van der Waals surface area contributed by atoms with E-state index in [1.165, 1.54) is 31.4 Å². The number of rotatable bonds is 3. The normalized spacial score (nSPS) is 20.7. The standard InChI is InChI=1S/C15H21ClN2O3S.ClH/c16-12-4-5-13(17)14(19)15(12)22(20,21)11-6-8-18(9-7-11)10-2-1-3-10;/h4-5,10-11,19H,1-3,6-9,17H2;1H. The van der Waals surface area contributed by atoms with Crippen molar-refractivity contribution in [2.45, 2.75) is 48.3 Å². The van der Waals surface area contributed by atoms with Crippen molar-refractivity contribution < 1.29 is 13.5 Å². The third kappa shape index (κ3) is 3.40. The van der Waals surface area contributed by atoms with Crippen molar-refractivity contribution in [2.24, 2.45) is 0 Å². The number of sulfone groups is 1. The predicted octanol–water partition coefficient (Wildman–Crippen LogP) is 2.84. The van der Waals surface area contributed by atoms with Crippen LogP contribution in [0.25, 0.3) is 0 Å². The maximum Gasteiger partial charge on any atom is 0.186 e. The number of benzene rings is 1. The van der Waals surface area contributed by atoms with Crippen LogP contribution in [0.1, 0.15) is 32.1 Å². The van der Waals surface area contributed by atoms with Crippen LogP contribution in [0.4, 0.5) is 5.69 Å². The van der Waals surface area contributed by atoms with E-state index in [2.05, 4.69) is 4.90 Å². The van der Waals surface area contributed by atoms with Gasteiger partial charge in [-0.05, 0) is 50.9 Å². The Bertz CT molecular complexity index is 670. The van der Waals surface area contributed by atoms with Crippen LogP contribution in [0.15, 0.2) is 17.0 Å². The summed E-state index contributed by atoms with van der Waals surface area (Å²) >= 11 is 6.01. The number of nitrogen functional groups attached to an aromatic ring is 1. The van der Waals surface area contributed by atoms with Gasteiger partial charge in [0.15, 0.2) is 15.6 Å². The Balaban J connectivity index is 0.00000192. The molecule has 1 aromatic rings. The number of halogens is 2. The number of aromatic hydroxyl groups is 1. The highest BCUT2D eigenvalue weighted by molar-refractivity contribution is 7.92. The van der Waals surface area contributed by atoms with Gasteiger partial charge in [-0.3, -0.25) is 0 Å². The largest absolute Gasteiger partial charge is 0.504 e. The fourth-order valence-corrected chi connectivity index (χ4v) is 5.67. The molecule has 0 atom stereocenters. The number of phenols is 1. The van der Waals surface area contributed by atoms with Crippen molar-refractivity contribution in [1.82, 2.24) is 4.90 Å². The lowest BCUT2D eigenvalue weighted by molar-refractivity contribution is 0.106. The molecule has 8 heteroatoms. The SMILES string of the molecule is Cl.Nc1ccc(Cl)c(S(=O)(=O)C2CCN(C3CCC3)CC2)c1O. The summed E-state index contributed by atoms with van der Waals surface area (Å²) in [7, 11) is -3.67. The lowest BCUT2D eigenvalue weighted by atomic mass is 9.90. The number of likely N-dealkylation sites (tertiary alicyclic amines) is 1. The molecule has 0 bridgehead atoms. The molecule has 1 aliphatic heterocycles. The van der Waals surface area contributed by atoms with E-state index in [1.807, 2.05) is 0 Å². The predicted molar refractivity (Wildman–Crippen MR) is 94.2 cm³/mol. The van der Waals surface area contributed by atoms with Crippen LogP contribution in [0.5, 0.6) is 5.75 Å². The van der Waals surface area contributed by atoms with Crippen LogP contribution in [0, 0.1) is 0 Å². The Morgan fingerprint density at radius 2 is 1.78 bits per heavy atom. The van der Waals surface area contributed by atoms with Crippen molar-refractivity contribution >= 4 is 39.5 Å². The molecule has 1 aromatic carbocycles. The first-order chi connectivity index (χ1) is 10.4. The summed E-state index contributed by atoms with van der Waals surface area (Å²) in [5, 5.41) is 9.56. The number of piperidine rings is 1. The Kier molecular flexibility index (Phi) is 5.72. The van der Waals surface area contributed by atoms with Crippen LogP contribution in [-0.4, -0.2) is 42.8 Å². The molecule has 0 aromatic heterocycles. The molecular weight excluding hydrogens is 359 g/mol. The first kappa shape index (κ1) is 18.6. The first-order valence-electron chi connectivity index (χ1n) is 7.66. The molecule has 1 heterocycles. The summed E-state index contributed by atoms with van der Waals surface area (Å²) in [4.78, 5) is 2.17. The van der Waals surface area contributed by atoms with Crippen molar-refractivity contribution in [3.05, 3.63) is 17.2 Å². The molecular formula is C15H22Cl2N2O3S. The maximum absolute atomic E-state index is 12.8. The minimum absolute atomic E-state index is 0. The highest BCUT2D eigenvalue weighted by atomic mass is 35.5. The topological polar surface area (TPSA) is 83.6 Å². The third-order valence-corrected chi connectivity index (χ3v) is 7.66. The van der Waals surface area contributed by atoms with E-state index >= 15 is 0 Å². The summed E-state index contributed by atoms with van der Waals surface area (Å²) in [6, 6.07) is 3.47. The molecule has 130 valence electrons. The number of phenolic OH excluding ortho intramolecular Hbond substituents is 1. The van der Waals surface area contributed by atoms with E-state index in [-0.39, 0.29) is 28.0 Å². The number of hydrogen-bond donors (Lipinski definition) is 2. The van der Waals surface area contributed by atoms with Crippen LogP contribution in [-0.2, 0) is 9.84 Å². The maximum atomic E-state index is 12.8. The Morgan fingerprint density at radius 3 is 2.30 bits per heavy atom. The molecule has 0 unspecified atom stereocenters. The summed E-state index contributed by atoms with van der Waals surface area (Å²) in [6.07, 6.45) is 4.86. The van der Waals surface area contributed by atoms with Crippen LogP contribution in [0.2, 0.25) is 5.02 Å². The molecule has 1 saturated heterocycles. The van der Waals surface area contributed by atoms with E-state index in [4.69, 9.17) is 17.3 Å². The van der Waals surface area contributed by atoms with Crippen LogP contribution < -0.4 is 5.73 Å². The number of anilines is 1. The fourth-order valence-electron chi connectivity index (χ4n) is 3.30. The zero-order chi connectivity index (χ0) is 15.9. The van der Waals surface area contributed by atoms with E-state index in [9.17, 15) is 13.5 Å². The van der Waals surface area contributed by atoms with Gasteiger partial charge in [-0.2, -0.15) is 0 Å². The highest BCUT2D eigenvalue weighted by Gasteiger charge is 2.37. The summed E-state index contributed by atoms with van der Waals surface area (Å²) in [6.45, 7) is 1.57. The summed E-state index contributed by atoms with van der Waals surface area (Å²) < 4.78 is 25.6. The van der Waals surface area contributed by atoms with Gasteiger partial charge in [0.2, 0.25) is 0 Å². The number of hydrogen-bond acceptors (Lipinski definition) is 5. The van der Waals surface area contributed by atoms with Gasteiger partial charge in [-0.15, -0.1) is 12.4 Å². The van der Waals surface area contributed by atoms with Crippen molar-refractivity contribution in [3.8, 4) is 5.75 Å². The minimum atomic E-state index is -3.67. The summed E-state index contributed by atoms with van der Waals surface area (Å²) in [5.41, 5.74) is 5.66. The van der Waals surface area contributed by atoms with E-state index < -0.39 is 20.8 Å². The van der Waals surface area contributed by atoms with E-state index in [0.717, 1.165) is 13.1 Å². The van der Waals surface area contributed by atoms with E-state index in [0.29, 0.717) is 18.9 Å². The molecule has 3 N–H and O–H groups in total. The van der Waals surface area contributed by atoms with Gasteiger partial charge in [-0.25, -0.2) is 8.42 Å². The molecule has 0 amide bonds. The van der Waals surface area contributed by atoms with Gasteiger partial charge in [-0.1, -0.05) is 18.0 Å². The molecule has 1 saturated carbocycles. The fraction of sp³-hybridized carbons (Fsp3) is 0.600. The van der Waals surface area contributed by atoms with Gasteiger partial charge in [0.1, 0.15) is 4.90 Å². The quantitative estimate of drug-likeness (QED) is 0.621. The third-order valence-electron chi connectivity index (χ3n) is 4.91. The van der Waals surface area contributed by atoms with Gasteiger partial charge < -0.3 is 15.7 Å². The Morgan fingerprint density at radius 1 is 1.17 bits per heavy atom. The number of nitrogens with two attached hydrogens (primary N) is 1. The van der Waals surface area contributed by atoms with Gasteiger partial charge in [0, 0.05) is 6.04 Å². The van der Waals surface area contributed by atoms with Crippen molar-refractivity contribution in [2.75, 3.05) is 18.8 Å². The zero-order valence-electron chi connectivity index (χ0n) is 12.7. The Hall–Kier alpha value is -0.690. The van der Waals surface area contributed by atoms with E-state index in [1.54, 1.807) is 0 Å². The average Bonchev–Trinajstić information content (AvgIpc) is 2.42. The second-order valence-corrected chi connectivity index (χ2v) is 8.75. The lowest BCUT2D eigenvalue weighted by Crippen LogP contribution is -2.47. The molecule has 2 aliphatic rings. The molecule has 5 nitrogen and oxygen atoms in total. The molecule has 23 heavy (non-hydrogen) atoms. The zero-order valence-corrected chi connectivity index (χ0v) is 15.1. The van der Waals surface area contributed by atoms with Crippen LogP contribution in [0.3, 0.4) is 0 Å². The molecule has 0 radical (unpaired) electrons. The minimum Gasteiger partial charge on any atom is -0.504 e. The van der Waals surface area contributed by atoms with Crippen LogP contribution >= 0.6 is 24.0 Å². The highest BCUT2D eigenvalue weighted by Crippen LogP contribution is 2.39. The average molecular weight is 381 g/mol. The second kappa shape index (κ2) is 7.05. The van der Waals surface area contributed by atoms with Gasteiger partial charge >= 0.3 is 0 Å². The van der Waals surface area contributed by atoms with Gasteiger partial charge in [0.05, 0.1) is 16.0 Å². The molecule has 0 spiro atoms. The molecule has 2 fully saturated rings. The first-order valence-corrected chi connectivity index (χ1v) is 9.58. The molecule has 1 aliphatic carbocycles. The lowest BCUT2D eigenvalue weighted by Gasteiger charge is -2.41. The smallest absolute Gasteiger partial charge is 0.186 e.